The van der Waals surface area contributed by atoms with Crippen LogP contribution in [0.15, 0.2) is 25.3 Å². The van der Waals surface area contributed by atoms with Gasteiger partial charge in [-0.25, -0.2) is 4.79 Å². The van der Waals surface area contributed by atoms with E-state index < -0.39 is 18.7 Å². The van der Waals surface area contributed by atoms with Crippen molar-refractivity contribution in [2.45, 2.75) is 31.8 Å². The Hall–Kier alpha value is -1.75. The number of carbonyl (C=O) groups excluding carboxylic acids is 2. The fourth-order valence-corrected chi connectivity index (χ4v) is 1.31. The van der Waals surface area contributed by atoms with Crippen LogP contribution in [0.3, 0.4) is 0 Å². The first-order valence-electron chi connectivity index (χ1n) is 5.63. The summed E-state index contributed by atoms with van der Waals surface area (Å²) in [7, 11) is 0. The van der Waals surface area contributed by atoms with Gasteiger partial charge in [0.05, 0.1) is 6.10 Å². The van der Waals surface area contributed by atoms with Crippen molar-refractivity contribution in [1.82, 2.24) is 0 Å². The second-order valence-electron chi connectivity index (χ2n) is 3.74. The van der Waals surface area contributed by atoms with Gasteiger partial charge in [-0.3, -0.25) is 9.59 Å². The second-order valence-corrected chi connectivity index (χ2v) is 3.74. The first kappa shape index (κ1) is 16.2. The number of carbonyl (C=O) groups is 3. The highest BCUT2D eigenvalue weighted by molar-refractivity contribution is 5.89. The summed E-state index contributed by atoms with van der Waals surface area (Å²) in [5.41, 5.74) is 0. The molecule has 0 rings (SSSR count). The van der Waals surface area contributed by atoms with Crippen molar-refractivity contribution in [2.75, 3.05) is 6.61 Å². The van der Waals surface area contributed by atoms with Crippen molar-refractivity contribution >= 4 is 17.5 Å². The van der Waals surface area contributed by atoms with E-state index in [0.29, 0.717) is 12.8 Å². The van der Waals surface area contributed by atoms with Gasteiger partial charge in [0, 0.05) is 12.8 Å². The molecule has 0 amide bonds. The summed E-state index contributed by atoms with van der Waals surface area (Å²) in [6.45, 7) is 6.26. The van der Waals surface area contributed by atoms with E-state index in [2.05, 4.69) is 13.2 Å². The highest BCUT2D eigenvalue weighted by atomic mass is 16.5. The maximum absolute atomic E-state index is 11.1. The molecular weight excluding hydrogens is 236 g/mol. The molecule has 0 saturated heterocycles. The van der Waals surface area contributed by atoms with E-state index in [4.69, 9.17) is 9.84 Å². The molecule has 0 aromatic carbocycles. The Bertz CT molecular complexity index is 308. The Balaban J connectivity index is 4.18. The zero-order chi connectivity index (χ0) is 14.0. The number of ether oxygens (including phenoxy) is 1. The quantitative estimate of drug-likeness (QED) is 0.565. The number of carboxylic acids is 1. The normalized spacial score (nSPS) is 10.1. The Morgan fingerprint density at radius 2 is 1.50 bits per heavy atom. The molecule has 0 radical (unpaired) electrons. The maximum atomic E-state index is 11.1. The van der Waals surface area contributed by atoms with E-state index in [9.17, 15) is 14.4 Å². The summed E-state index contributed by atoms with van der Waals surface area (Å²) in [4.78, 5) is 32.6. The molecule has 0 aliphatic heterocycles. The predicted octanol–water partition coefficient (Wildman–Crippen LogP) is 1.53. The van der Waals surface area contributed by atoms with Crippen molar-refractivity contribution in [3.8, 4) is 0 Å². The number of ketones is 2. The van der Waals surface area contributed by atoms with E-state index in [1.807, 2.05) is 0 Å². The molecule has 0 aliphatic carbocycles. The van der Waals surface area contributed by atoms with Gasteiger partial charge in [0.1, 0.15) is 6.61 Å². The Kier molecular flexibility index (Phi) is 8.39. The third-order valence-electron chi connectivity index (χ3n) is 2.32. The highest BCUT2D eigenvalue weighted by Gasteiger charge is 2.13. The minimum atomic E-state index is -1.08. The van der Waals surface area contributed by atoms with Crippen LogP contribution in [0.5, 0.6) is 0 Å². The van der Waals surface area contributed by atoms with Gasteiger partial charge in [-0.05, 0) is 25.0 Å². The molecule has 0 aromatic heterocycles. The van der Waals surface area contributed by atoms with E-state index in [0.717, 1.165) is 0 Å². The van der Waals surface area contributed by atoms with Crippen LogP contribution in [0.1, 0.15) is 25.7 Å². The molecular formula is C13H18O5. The van der Waals surface area contributed by atoms with Crippen LogP contribution in [0.2, 0.25) is 0 Å². The smallest absolute Gasteiger partial charge is 0.329 e. The number of allylic oxidation sites excluding steroid dienone is 2. The average molecular weight is 254 g/mol. The summed E-state index contributed by atoms with van der Waals surface area (Å²) in [6.07, 6.45) is 3.22. The Morgan fingerprint density at radius 1 is 1.06 bits per heavy atom. The van der Waals surface area contributed by atoms with Gasteiger partial charge in [-0.2, -0.15) is 0 Å². The first-order valence-corrected chi connectivity index (χ1v) is 5.63. The van der Waals surface area contributed by atoms with Gasteiger partial charge >= 0.3 is 5.97 Å². The molecule has 0 saturated carbocycles. The molecule has 5 nitrogen and oxygen atoms in total. The van der Waals surface area contributed by atoms with Crippen molar-refractivity contribution in [3.63, 3.8) is 0 Å². The zero-order valence-corrected chi connectivity index (χ0v) is 10.3. The second kappa shape index (κ2) is 9.30. The standard InChI is InChI=1S/C13H18O5/c1-3-10(14)5-7-12(18-9-13(16)17)8-6-11(15)4-2/h3-4,12H,1-2,5-9H2,(H,16,17). The van der Waals surface area contributed by atoms with Crippen LogP contribution >= 0.6 is 0 Å². The lowest BCUT2D eigenvalue weighted by Crippen LogP contribution is -2.20. The van der Waals surface area contributed by atoms with E-state index in [-0.39, 0.29) is 24.4 Å². The van der Waals surface area contributed by atoms with Crippen molar-refractivity contribution in [2.24, 2.45) is 0 Å². The van der Waals surface area contributed by atoms with Gasteiger partial charge in [-0.1, -0.05) is 13.2 Å². The molecule has 0 aromatic rings. The molecule has 0 heterocycles. The summed E-state index contributed by atoms with van der Waals surface area (Å²) in [5, 5.41) is 8.52. The SMILES string of the molecule is C=CC(=O)CCC(CCC(=O)C=C)OCC(=O)O. The topological polar surface area (TPSA) is 80.7 Å². The maximum Gasteiger partial charge on any atom is 0.329 e. The predicted molar refractivity (Wildman–Crippen MR) is 66.3 cm³/mol. The average Bonchev–Trinajstić information content (AvgIpc) is 2.36. The van der Waals surface area contributed by atoms with Crippen molar-refractivity contribution < 1.29 is 24.2 Å². The van der Waals surface area contributed by atoms with Gasteiger partial charge in [0.25, 0.3) is 0 Å². The van der Waals surface area contributed by atoms with Gasteiger partial charge in [0.2, 0.25) is 0 Å². The van der Waals surface area contributed by atoms with Gasteiger partial charge in [-0.15, -0.1) is 0 Å². The Labute approximate surface area is 106 Å². The van der Waals surface area contributed by atoms with Crippen LogP contribution in [0.25, 0.3) is 0 Å². The van der Waals surface area contributed by atoms with Crippen LogP contribution in [0.4, 0.5) is 0 Å². The summed E-state index contributed by atoms with van der Waals surface area (Å²) >= 11 is 0. The minimum Gasteiger partial charge on any atom is -0.480 e. The van der Waals surface area contributed by atoms with E-state index >= 15 is 0 Å². The molecule has 0 unspecified atom stereocenters. The van der Waals surface area contributed by atoms with Crippen molar-refractivity contribution in [3.05, 3.63) is 25.3 Å². The molecule has 18 heavy (non-hydrogen) atoms. The lowest BCUT2D eigenvalue weighted by Gasteiger charge is -2.15. The lowest BCUT2D eigenvalue weighted by molar-refractivity contribution is -0.144. The number of aliphatic carboxylic acids is 1. The summed E-state index contributed by atoms with van der Waals surface area (Å²) < 4.78 is 5.12. The molecule has 1 N–H and O–H groups in total. The number of rotatable bonds is 11. The van der Waals surface area contributed by atoms with Gasteiger partial charge < -0.3 is 9.84 Å². The van der Waals surface area contributed by atoms with Crippen LogP contribution in [-0.2, 0) is 19.1 Å². The number of hydrogen-bond donors (Lipinski definition) is 1. The van der Waals surface area contributed by atoms with E-state index in [1.54, 1.807) is 0 Å². The molecule has 0 bridgehead atoms. The zero-order valence-electron chi connectivity index (χ0n) is 10.3. The third-order valence-corrected chi connectivity index (χ3v) is 2.32. The summed E-state index contributed by atoms with van der Waals surface area (Å²) in [6, 6.07) is 0. The largest absolute Gasteiger partial charge is 0.480 e. The van der Waals surface area contributed by atoms with Crippen LogP contribution < -0.4 is 0 Å². The molecule has 0 atom stereocenters. The van der Waals surface area contributed by atoms with Crippen molar-refractivity contribution in [1.29, 1.82) is 0 Å². The third kappa shape index (κ3) is 8.41. The lowest BCUT2D eigenvalue weighted by atomic mass is 10.0. The van der Waals surface area contributed by atoms with Gasteiger partial charge in [0.15, 0.2) is 11.6 Å². The van der Waals surface area contributed by atoms with E-state index in [1.165, 1.54) is 12.2 Å². The molecule has 0 aliphatic rings. The molecule has 5 heteroatoms. The minimum absolute atomic E-state index is 0.131. The van der Waals surface area contributed by atoms with Crippen LogP contribution in [0, 0.1) is 0 Å². The fourth-order valence-electron chi connectivity index (χ4n) is 1.31. The number of hydrogen-bond acceptors (Lipinski definition) is 4. The van der Waals surface area contributed by atoms with Crippen LogP contribution in [-0.4, -0.2) is 35.4 Å². The summed E-state index contributed by atoms with van der Waals surface area (Å²) in [5.74, 6) is -1.34. The Morgan fingerprint density at radius 3 is 1.83 bits per heavy atom. The highest BCUT2D eigenvalue weighted by Crippen LogP contribution is 2.11. The number of carboxylic acid groups (broad SMARTS) is 1. The fraction of sp³-hybridized carbons (Fsp3) is 0.462. The molecule has 0 fully saturated rings. The molecule has 0 spiro atoms. The first-order chi connectivity index (χ1) is 8.49. The molecule has 100 valence electrons. The monoisotopic (exact) mass is 254 g/mol.